The van der Waals surface area contributed by atoms with Crippen LogP contribution in [-0.4, -0.2) is 20.9 Å². The summed E-state index contributed by atoms with van der Waals surface area (Å²) < 4.78 is 10.7. The number of halogens is 1. The molecule has 1 rings (SSSR count). The maximum absolute atomic E-state index is 11.7. The van der Waals surface area contributed by atoms with Crippen molar-refractivity contribution in [1.29, 1.82) is 0 Å². The Morgan fingerprint density at radius 1 is 1.39 bits per heavy atom. The van der Waals surface area contributed by atoms with Crippen molar-refractivity contribution in [3.63, 3.8) is 0 Å². The fourth-order valence-electron chi connectivity index (χ4n) is 1.39. The highest BCUT2D eigenvalue weighted by atomic mass is 35.5. The average molecular weight is 288 g/mol. The number of benzene rings is 1. The van der Waals surface area contributed by atoms with Crippen molar-refractivity contribution >= 4 is 31.6 Å². The van der Waals surface area contributed by atoms with Crippen LogP contribution in [0.25, 0.3) is 0 Å². The van der Waals surface area contributed by atoms with E-state index in [0.29, 0.717) is 10.8 Å². The first kappa shape index (κ1) is 14.9. The molecule has 0 aliphatic carbocycles. The van der Waals surface area contributed by atoms with Crippen LogP contribution in [0.15, 0.2) is 12.1 Å². The highest BCUT2D eigenvalue weighted by Gasteiger charge is 2.21. The van der Waals surface area contributed by atoms with Gasteiger partial charge in [-0.1, -0.05) is 11.6 Å². The molecule has 4 nitrogen and oxygen atoms in total. The zero-order valence-corrected chi connectivity index (χ0v) is 12.8. The summed E-state index contributed by atoms with van der Waals surface area (Å²) >= 11 is 5.97. The van der Waals surface area contributed by atoms with Gasteiger partial charge in [-0.3, -0.25) is 0 Å². The SMILES string of the molecule is CCOC(=O)c1cc(Cl)cc(O[Si](C)(C)C)c1N. The lowest BCUT2D eigenvalue weighted by Crippen LogP contribution is -2.30. The van der Waals surface area contributed by atoms with Gasteiger partial charge in [0.25, 0.3) is 0 Å². The van der Waals surface area contributed by atoms with Gasteiger partial charge in [0.05, 0.1) is 17.9 Å². The second-order valence-electron chi connectivity index (χ2n) is 4.80. The number of nitrogen functional groups attached to an aromatic ring is 1. The Kier molecular flexibility index (Phi) is 4.64. The molecule has 0 radical (unpaired) electrons. The van der Waals surface area contributed by atoms with Crippen molar-refractivity contribution in [3.05, 3.63) is 22.7 Å². The van der Waals surface area contributed by atoms with E-state index in [1.807, 2.05) is 19.6 Å². The van der Waals surface area contributed by atoms with E-state index in [0.717, 1.165) is 0 Å². The van der Waals surface area contributed by atoms with Gasteiger partial charge in [-0.2, -0.15) is 0 Å². The third-order valence-corrected chi connectivity index (χ3v) is 3.07. The summed E-state index contributed by atoms with van der Waals surface area (Å²) in [7, 11) is -1.82. The highest BCUT2D eigenvalue weighted by Crippen LogP contribution is 2.32. The Balaban J connectivity index is 3.18. The molecular formula is C12H18ClNO3Si. The second kappa shape index (κ2) is 5.62. The fourth-order valence-corrected chi connectivity index (χ4v) is 2.42. The lowest BCUT2D eigenvalue weighted by Gasteiger charge is -2.21. The van der Waals surface area contributed by atoms with Gasteiger partial charge >= 0.3 is 5.97 Å². The molecule has 0 amide bonds. The summed E-state index contributed by atoms with van der Waals surface area (Å²) in [5.41, 5.74) is 6.45. The number of anilines is 1. The van der Waals surface area contributed by atoms with Crippen LogP contribution in [0.2, 0.25) is 24.7 Å². The number of carbonyl (C=O) groups excluding carboxylic acids is 1. The first-order valence-electron chi connectivity index (χ1n) is 5.69. The quantitative estimate of drug-likeness (QED) is 0.524. The van der Waals surface area contributed by atoms with Crippen LogP contribution in [0.4, 0.5) is 5.69 Å². The molecule has 2 N–H and O–H groups in total. The van der Waals surface area contributed by atoms with Gasteiger partial charge in [0.2, 0.25) is 8.32 Å². The highest BCUT2D eigenvalue weighted by molar-refractivity contribution is 6.70. The number of hydrogen-bond acceptors (Lipinski definition) is 4. The third-order valence-electron chi connectivity index (χ3n) is 2.02. The van der Waals surface area contributed by atoms with Crippen molar-refractivity contribution in [1.82, 2.24) is 0 Å². The van der Waals surface area contributed by atoms with Crippen LogP contribution in [-0.2, 0) is 4.74 Å². The maximum Gasteiger partial charge on any atom is 0.340 e. The number of esters is 1. The molecule has 0 saturated heterocycles. The van der Waals surface area contributed by atoms with E-state index in [4.69, 9.17) is 26.5 Å². The molecular weight excluding hydrogens is 270 g/mol. The summed E-state index contributed by atoms with van der Waals surface area (Å²) in [5, 5.41) is 0.403. The molecule has 0 bridgehead atoms. The minimum atomic E-state index is -1.82. The van der Waals surface area contributed by atoms with Crippen LogP contribution in [0.3, 0.4) is 0 Å². The zero-order chi connectivity index (χ0) is 13.9. The number of carbonyl (C=O) groups is 1. The number of nitrogens with two attached hydrogens (primary N) is 1. The van der Waals surface area contributed by atoms with E-state index in [-0.39, 0.29) is 17.9 Å². The topological polar surface area (TPSA) is 61.5 Å². The predicted octanol–water partition coefficient (Wildman–Crippen LogP) is 3.31. The molecule has 0 aromatic heterocycles. The van der Waals surface area contributed by atoms with Crippen molar-refractivity contribution in [3.8, 4) is 5.75 Å². The van der Waals surface area contributed by atoms with Gasteiger partial charge in [0.15, 0.2) is 0 Å². The second-order valence-corrected chi connectivity index (χ2v) is 9.67. The Bertz CT molecular complexity index is 457. The van der Waals surface area contributed by atoms with Gasteiger partial charge in [0.1, 0.15) is 5.75 Å². The Morgan fingerprint density at radius 2 is 2.00 bits per heavy atom. The average Bonchev–Trinajstić information content (AvgIpc) is 2.21. The summed E-state index contributed by atoms with van der Waals surface area (Å²) in [5.74, 6) is -0.0392. The van der Waals surface area contributed by atoms with Crippen LogP contribution in [0, 0.1) is 0 Å². The van der Waals surface area contributed by atoms with Crippen molar-refractivity contribution in [2.75, 3.05) is 12.3 Å². The normalized spacial score (nSPS) is 11.2. The minimum absolute atomic E-state index is 0.248. The molecule has 0 heterocycles. The maximum atomic E-state index is 11.7. The van der Waals surface area contributed by atoms with E-state index < -0.39 is 14.3 Å². The van der Waals surface area contributed by atoms with Gasteiger partial charge < -0.3 is 14.9 Å². The molecule has 18 heavy (non-hydrogen) atoms. The molecule has 0 saturated carbocycles. The fraction of sp³-hybridized carbons (Fsp3) is 0.417. The molecule has 6 heteroatoms. The van der Waals surface area contributed by atoms with E-state index in [1.165, 1.54) is 6.07 Å². The summed E-state index contributed by atoms with van der Waals surface area (Å²) in [6, 6.07) is 3.11. The molecule has 100 valence electrons. The van der Waals surface area contributed by atoms with Gasteiger partial charge in [-0.05, 0) is 38.7 Å². The van der Waals surface area contributed by atoms with E-state index in [1.54, 1.807) is 13.0 Å². The molecule has 1 aromatic carbocycles. The smallest absolute Gasteiger partial charge is 0.340 e. The Hall–Kier alpha value is -1.20. The monoisotopic (exact) mass is 287 g/mol. The van der Waals surface area contributed by atoms with Crippen molar-refractivity contribution < 1.29 is 14.0 Å². The van der Waals surface area contributed by atoms with Crippen LogP contribution in [0.1, 0.15) is 17.3 Å². The van der Waals surface area contributed by atoms with Crippen molar-refractivity contribution in [2.45, 2.75) is 26.6 Å². The van der Waals surface area contributed by atoms with Crippen molar-refractivity contribution in [2.24, 2.45) is 0 Å². The molecule has 0 fully saturated rings. The molecule has 0 unspecified atom stereocenters. The lowest BCUT2D eigenvalue weighted by atomic mass is 10.1. The molecule has 0 aliphatic heterocycles. The number of ether oxygens (including phenoxy) is 1. The third kappa shape index (κ3) is 3.92. The van der Waals surface area contributed by atoms with E-state index in [2.05, 4.69) is 0 Å². The molecule has 0 atom stereocenters. The summed E-state index contributed by atoms with van der Waals surface area (Å²) in [4.78, 5) is 11.7. The van der Waals surface area contributed by atoms with Crippen LogP contribution >= 0.6 is 11.6 Å². The molecule has 1 aromatic rings. The minimum Gasteiger partial charge on any atom is -0.543 e. The summed E-state index contributed by atoms with van der Waals surface area (Å²) in [6.07, 6.45) is 0. The first-order valence-corrected chi connectivity index (χ1v) is 9.48. The lowest BCUT2D eigenvalue weighted by molar-refractivity contribution is 0.0527. The molecule has 0 aliphatic rings. The zero-order valence-electron chi connectivity index (χ0n) is 11.0. The standard InChI is InChI=1S/C12H18ClNO3Si/c1-5-16-12(15)9-6-8(13)7-10(11(9)14)17-18(2,3)4/h6-7H,5,14H2,1-4H3. The van der Waals surface area contributed by atoms with Crippen LogP contribution < -0.4 is 10.2 Å². The van der Waals surface area contributed by atoms with Crippen LogP contribution in [0.5, 0.6) is 5.75 Å². The predicted molar refractivity (Wildman–Crippen MR) is 75.8 cm³/mol. The number of rotatable bonds is 4. The van der Waals surface area contributed by atoms with Gasteiger partial charge in [-0.15, -0.1) is 0 Å². The largest absolute Gasteiger partial charge is 0.543 e. The molecule has 0 spiro atoms. The summed E-state index contributed by atoms with van der Waals surface area (Å²) in [6.45, 7) is 8.10. The number of hydrogen-bond donors (Lipinski definition) is 1. The van der Waals surface area contributed by atoms with Gasteiger partial charge in [0, 0.05) is 5.02 Å². The van der Waals surface area contributed by atoms with Gasteiger partial charge in [-0.25, -0.2) is 4.79 Å². The van der Waals surface area contributed by atoms with E-state index >= 15 is 0 Å². The Morgan fingerprint density at radius 3 is 2.50 bits per heavy atom. The first-order chi connectivity index (χ1) is 8.24. The van der Waals surface area contributed by atoms with E-state index in [9.17, 15) is 4.79 Å². The Labute approximate surface area is 113 Å².